The molecule has 0 aliphatic heterocycles. The molecule has 0 unspecified atom stereocenters. The Hall–Kier alpha value is -2.49. The summed E-state index contributed by atoms with van der Waals surface area (Å²) in [5.74, 6) is -0.567. The zero-order chi connectivity index (χ0) is 15.6. The summed E-state index contributed by atoms with van der Waals surface area (Å²) in [6, 6.07) is 11.4. The molecule has 0 saturated carbocycles. The SMILES string of the molecule is CC(C)(C)c1ccc(O)c(NC(=O)c2ccccc2O)c1. The summed E-state index contributed by atoms with van der Waals surface area (Å²) >= 11 is 0. The van der Waals surface area contributed by atoms with Crippen LogP contribution in [0.25, 0.3) is 0 Å². The second-order valence-electron chi connectivity index (χ2n) is 5.95. The fourth-order valence-electron chi connectivity index (χ4n) is 1.96. The highest BCUT2D eigenvalue weighted by molar-refractivity contribution is 6.06. The Balaban J connectivity index is 2.31. The van der Waals surface area contributed by atoms with Crippen molar-refractivity contribution in [1.29, 1.82) is 0 Å². The molecule has 1 amide bonds. The van der Waals surface area contributed by atoms with Crippen molar-refractivity contribution < 1.29 is 15.0 Å². The van der Waals surface area contributed by atoms with E-state index in [2.05, 4.69) is 5.32 Å². The Labute approximate surface area is 124 Å². The van der Waals surface area contributed by atoms with Crippen LogP contribution in [0.5, 0.6) is 11.5 Å². The van der Waals surface area contributed by atoms with Crippen molar-refractivity contribution in [1.82, 2.24) is 0 Å². The molecule has 0 saturated heterocycles. The summed E-state index contributed by atoms with van der Waals surface area (Å²) in [6.45, 7) is 6.15. The molecule has 0 radical (unpaired) electrons. The number of aromatic hydroxyl groups is 2. The van der Waals surface area contributed by atoms with Crippen LogP contribution in [0.1, 0.15) is 36.7 Å². The van der Waals surface area contributed by atoms with Crippen LogP contribution in [-0.2, 0) is 5.41 Å². The van der Waals surface area contributed by atoms with E-state index in [1.165, 1.54) is 12.1 Å². The van der Waals surface area contributed by atoms with Gasteiger partial charge in [0.2, 0.25) is 0 Å². The zero-order valence-electron chi connectivity index (χ0n) is 12.3. The number of amides is 1. The first-order valence-corrected chi connectivity index (χ1v) is 6.72. The van der Waals surface area contributed by atoms with Crippen molar-refractivity contribution in [2.45, 2.75) is 26.2 Å². The van der Waals surface area contributed by atoms with E-state index in [1.807, 2.05) is 26.8 Å². The third-order valence-electron chi connectivity index (χ3n) is 3.26. The Morgan fingerprint density at radius 2 is 1.67 bits per heavy atom. The van der Waals surface area contributed by atoms with Gasteiger partial charge in [0.1, 0.15) is 11.5 Å². The number of hydrogen-bond donors (Lipinski definition) is 3. The number of phenols is 2. The lowest BCUT2D eigenvalue weighted by molar-refractivity contribution is 0.102. The third-order valence-corrected chi connectivity index (χ3v) is 3.26. The van der Waals surface area contributed by atoms with Crippen LogP contribution in [0.3, 0.4) is 0 Å². The predicted molar refractivity (Wildman–Crippen MR) is 82.9 cm³/mol. The van der Waals surface area contributed by atoms with E-state index in [-0.39, 0.29) is 22.5 Å². The van der Waals surface area contributed by atoms with Gasteiger partial charge < -0.3 is 15.5 Å². The molecule has 4 heteroatoms. The van der Waals surface area contributed by atoms with Gasteiger partial charge in [0.05, 0.1) is 11.3 Å². The molecule has 2 rings (SSSR count). The third kappa shape index (κ3) is 3.34. The van der Waals surface area contributed by atoms with Gasteiger partial charge in [-0.05, 0) is 35.2 Å². The molecule has 2 aromatic carbocycles. The highest BCUT2D eigenvalue weighted by Crippen LogP contribution is 2.31. The van der Waals surface area contributed by atoms with E-state index in [0.29, 0.717) is 5.69 Å². The summed E-state index contributed by atoms with van der Waals surface area (Å²) in [5, 5.41) is 22.2. The van der Waals surface area contributed by atoms with Crippen molar-refractivity contribution in [2.75, 3.05) is 5.32 Å². The number of para-hydroxylation sites is 1. The van der Waals surface area contributed by atoms with Crippen molar-refractivity contribution >= 4 is 11.6 Å². The number of rotatable bonds is 2. The maximum absolute atomic E-state index is 12.2. The highest BCUT2D eigenvalue weighted by atomic mass is 16.3. The van der Waals surface area contributed by atoms with Gasteiger partial charge in [-0.1, -0.05) is 39.0 Å². The second kappa shape index (κ2) is 5.48. The molecule has 0 atom stereocenters. The van der Waals surface area contributed by atoms with Gasteiger partial charge in [-0.25, -0.2) is 0 Å². The van der Waals surface area contributed by atoms with E-state index in [0.717, 1.165) is 5.56 Å². The minimum atomic E-state index is -0.463. The monoisotopic (exact) mass is 285 g/mol. The lowest BCUT2D eigenvalue weighted by atomic mass is 9.87. The molecular weight excluding hydrogens is 266 g/mol. The number of carbonyl (C=O) groups is 1. The summed E-state index contributed by atoms with van der Waals surface area (Å²) in [7, 11) is 0. The first kappa shape index (κ1) is 14.9. The van der Waals surface area contributed by atoms with Crippen LogP contribution in [0.15, 0.2) is 42.5 Å². The molecule has 0 aromatic heterocycles. The van der Waals surface area contributed by atoms with Gasteiger partial charge in [0, 0.05) is 0 Å². The first-order valence-electron chi connectivity index (χ1n) is 6.72. The smallest absolute Gasteiger partial charge is 0.259 e. The molecule has 2 aromatic rings. The number of anilines is 1. The number of phenolic OH excluding ortho intramolecular Hbond substituents is 2. The van der Waals surface area contributed by atoms with Crippen molar-refractivity contribution in [2.24, 2.45) is 0 Å². The molecule has 0 bridgehead atoms. The maximum Gasteiger partial charge on any atom is 0.259 e. The summed E-state index contributed by atoms with van der Waals surface area (Å²) in [4.78, 5) is 12.2. The molecule has 3 N–H and O–H groups in total. The Morgan fingerprint density at radius 1 is 1.00 bits per heavy atom. The average Bonchev–Trinajstić information content (AvgIpc) is 2.40. The molecule has 0 spiro atoms. The van der Waals surface area contributed by atoms with Crippen molar-refractivity contribution in [3.05, 3.63) is 53.6 Å². The van der Waals surface area contributed by atoms with Crippen molar-refractivity contribution in [3.8, 4) is 11.5 Å². The van der Waals surface area contributed by atoms with Crippen LogP contribution >= 0.6 is 0 Å². The number of carbonyl (C=O) groups excluding carboxylic acids is 1. The minimum Gasteiger partial charge on any atom is -0.507 e. The van der Waals surface area contributed by atoms with Gasteiger partial charge in [-0.2, -0.15) is 0 Å². The van der Waals surface area contributed by atoms with E-state index >= 15 is 0 Å². The molecule has 21 heavy (non-hydrogen) atoms. The lowest BCUT2D eigenvalue weighted by Crippen LogP contribution is -2.15. The van der Waals surface area contributed by atoms with Crippen LogP contribution in [0.2, 0.25) is 0 Å². The van der Waals surface area contributed by atoms with E-state index in [4.69, 9.17) is 0 Å². The van der Waals surface area contributed by atoms with E-state index in [1.54, 1.807) is 24.3 Å². The summed E-state index contributed by atoms with van der Waals surface area (Å²) in [6.07, 6.45) is 0. The average molecular weight is 285 g/mol. The Morgan fingerprint density at radius 3 is 2.29 bits per heavy atom. The van der Waals surface area contributed by atoms with Crippen LogP contribution < -0.4 is 5.32 Å². The van der Waals surface area contributed by atoms with Gasteiger partial charge >= 0.3 is 0 Å². The predicted octanol–water partition coefficient (Wildman–Crippen LogP) is 3.65. The Bertz CT molecular complexity index is 672. The lowest BCUT2D eigenvalue weighted by Gasteiger charge is -2.20. The number of hydrogen-bond acceptors (Lipinski definition) is 3. The summed E-state index contributed by atoms with van der Waals surface area (Å²) in [5.41, 5.74) is 1.39. The maximum atomic E-state index is 12.2. The molecule has 0 fully saturated rings. The fourth-order valence-corrected chi connectivity index (χ4v) is 1.96. The molecule has 0 aliphatic rings. The Kier molecular flexibility index (Phi) is 3.89. The summed E-state index contributed by atoms with van der Waals surface area (Å²) < 4.78 is 0. The van der Waals surface area contributed by atoms with E-state index in [9.17, 15) is 15.0 Å². The molecule has 110 valence electrons. The number of benzene rings is 2. The van der Waals surface area contributed by atoms with Crippen LogP contribution in [0.4, 0.5) is 5.69 Å². The highest BCUT2D eigenvalue weighted by Gasteiger charge is 2.17. The van der Waals surface area contributed by atoms with Gasteiger partial charge in [0.15, 0.2) is 0 Å². The molecule has 0 aliphatic carbocycles. The number of nitrogens with one attached hydrogen (secondary N) is 1. The van der Waals surface area contributed by atoms with Gasteiger partial charge in [0.25, 0.3) is 5.91 Å². The van der Waals surface area contributed by atoms with Crippen molar-refractivity contribution in [3.63, 3.8) is 0 Å². The van der Waals surface area contributed by atoms with Crippen LogP contribution in [0, 0.1) is 0 Å². The fraction of sp³-hybridized carbons (Fsp3) is 0.235. The molecule has 0 heterocycles. The molecule has 4 nitrogen and oxygen atoms in total. The standard InChI is InChI=1S/C17H19NO3/c1-17(2,3)11-8-9-15(20)13(10-11)18-16(21)12-6-4-5-7-14(12)19/h4-10,19-20H,1-3H3,(H,18,21). The van der Waals surface area contributed by atoms with Crippen LogP contribution in [-0.4, -0.2) is 16.1 Å². The first-order chi connectivity index (χ1) is 9.79. The van der Waals surface area contributed by atoms with Gasteiger partial charge in [-0.15, -0.1) is 0 Å². The normalized spacial score (nSPS) is 11.2. The minimum absolute atomic E-state index is 0.00762. The largest absolute Gasteiger partial charge is 0.507 e. The second-order valence-corrected chi connectivity index (χ2v) is 5.95. The topological polar surface area (TPSA) is 69.6 Å². The quantitative estimate of drug-likeness (QED) is 0.738. The van der Waals surface area contributed by atoms with E-state index < -0.39 is 5.91 Å². The molecular formula is C17H19NO3. The zero-order valence-corrected chi connectivity index (χ0v) is 12.3. The van der Waals surface area contributed by atoms with Gasteiger partial charge in [-0.3, -0.25) is 4.79 Å².